The zero-order valence-electron chi connectivity index (χ0n) is 10.7. The van der Waals surface area contributed by atoms with E-state index in [0.29, 0.717) is 12.8 Å². The van der Waals surface area contributed by atoms with E-state index in [0.717, 1.165) is 0 Å². The molecule has 0 fully saturated rings. The average molecular weight is 291 g/mol. The number of carbonyl (C=O) groups is 1. The molecule has 0 saturated carbocycles. The van der Waals surface area contributed by atoms with Crippen molar-refractivity contribution in [1.82, 2.24) is 5.32 Å². The summed E-state index contributed by atoms with van der Waals surface area (Å²) in [7, 11) is 0. The molecule has 0 aromatic heterocycles. The second-order valence-corrected chi connectivity index (χ2v) is 4.11. The van der Waals surface area contributed by atoms with E-state index in [2.05, 4.69) is 10.1 Å². The van der Waals surface area contributed by atoms with E-state index in [9.17, 15) is 18.0 Å². The molecule has 0 radical (unpaired) electrons. The Morgan fingerprint density at radius 1 is 1.25 bits per heavy atom. The fourth-order valence-corrected chi connectivity index (χ4v) is 1.55. The smallest absolute Gasteiger partial charge is 0.405 e. The van der Waals surface area contributed by atoms with Crippen molar-refractivity contribution < 1.29 is 27.8 Å². The molecule has 0 bridgehead atoms. The van der Waals surface area contributed by atoms with Gasteiger partial charge in [0.15, 0.2) is 0 Å². The van der Waals surface area contributed by atoms with Gasteiger partial charge in [-0.05, 0) is 18.9 Å². The second kappa shape index (κ2) is 7.74. The fraction of sp³-hybridized carbons (Fsp3) is 0.462. The van der Waals surface area contributed by atoms with Gasteiger partial charge in [0.05, 0.1) is 0 Å². The van der Waals surface area contributed by atoms with E-state index in [1.807, 2.05) is 0 Å². The number of aliphatic hydroxyl groups excluding tert-OH is 1. The molecule has 0 aliphatic heterocycles. The van der Waals surface area contributed by atoms with Gasteiger partial charge in [0, 0.05) is 25.1 Å². The first-order chi connectivity index (χ1) is 9.42. The van der Waals surface area contributed by atoms with Gasteiger partial charge in [0.25, 0.3) is 0 Å². The zero-order chi connectivity index (χ0) is 15.0. The van der Waals surface area contributed by atoms with Crippen LogP contribution >= 0.6 is 0 Å². The number of unbranched alkanes of at least 4 members (excludes halogenated alkanes) is 1. The number of ether oxygens (including phenoxy) is 1. The van der Waals surface area contributed by atoms with Crippen LogP contribution in [0.4, 0.5) is 13.2 Å². The first-order valence-electron chi connectivity index (χ1n) is 6.13. The summed E-state index contributed by atoms with van der Waals surface area (Å²) in [6.07, 6.45) is -3.49. The van der Waals surface area contributed by atoms with E-state index in [1.165, 1.54) is 18.2 Å². The lowest BCUT2D eigenvalue weighted by Crippen LogP contribution is -2.24. The summed E-state index contributed by atoms with van der Waals surface area (Å²) in [6.45, 7) is -0.0280. The van der Waals surface area contributed by atoms with Crippen LogP contribution < -0.4 is 10.1 Å². The lowest BCUT2D eigenvalue weighted by molar-refractivity contribution is -0.274. The number of amides is 1. The molecule has 112 valence electrons. The van der Waals surface area contributed by atoms with Gasteiger partial charge in [0.1, 0.15) is 5.75 Å². The highest BCUT2D eigenvalue weighted by Crippen LogP contribution is 2.26. The third-order valence-corrected chi connectivity index (χ3v) is 2.49. The van der Waals surface area contributed by atoms with Crippen LogP contribution in [0.5, 0.6) is 5.75 Å². The Bertz CT molecular complexity index is 435. The molecule has 1 aromatic carbocycles. The maximum atomic E-state index is 12.2. The number of hydrogen-bond donors (Lipinski definition) is 2. The number of carbonyl (C=O) groups excluding carboxylic acids is 1. The first kappa shape index (κ1) is 16.3. The van der Waals surface area contributed by atoms with Gasteiger partial charge >= 0.3 is 6.36 Å². The third kappa shape index (κ3) is 6.42. The number of alkyl halides is 3. The molecule has 7 heteroatoms. The van der Waals surface area contributed by atoms with E-state index >= 15 is 0 Å². The predicted molar refractivity (Wildman–Crippen MR) is 65.9 cm³/mol. The second-order valence-electron chi connectivity index (χ2n) is 4.11. The maximum Gasteiger partial charge on any atom is 0.573 e. The largest absolute Gasteiger partial charge is 0.573 e. The number of halogens is 3. The molecule has 0 aliphatic carbocycles. The van der Waals surface area contributed by atoms with Crippen LogP contribution in [0.3, 0.4) is 0 Å². The Hall–Kier alpha value is -1.76. The number of hydrogen-bond acceptors (Lipinski definition) is 3. The summed E-state index contributed by atoms with van der Waals surface area (Å²) in [5, 5.41) is 11.1. The summed E-state index contributed by atoms with van der Waals surface area (Å²) in [6, 6.07) is 5.64. The molecule has 4 nitrogen and oxygen atoms in total. The summed E-state index contributed by atoms with van der Waals surface area (Å²) in [5.74, 6) is -0.601. The minimum Gasteiger partial charge on any atom is -0.405 e. The van der Waals surface area contributed by atoms with Crippen molar-refractivity contribution in [3.63, 3.8) is 0 Å². The molecule has 0 unspecified atom stereocenters. The molecule has 1 rings (SSSR count). The molecular formula is C13H16F3NO3. The van der Waals surface area contributed by atoms with Gasteiger partial charge in [-0.3, -0.25) is 4.79 Å². The highest BCUT2D eigenvalue weighted by molar-refractivity contribution is 5.75. The van der Waals surface area contributed by atoms with Crippen LogP contribution in [0.25, 0.3) is 0 Å². The molecule has 0 heterocycles. The Morgan fingerprint density at radius 3 is 2.60 bits per heavy atom. The van der Waals surface area contributed by atoms with Gasteiger partial charge < -0.3 is 15.2 Å². The first-order valence-corrected chi connectivity index (χ1v) is 6.13. The quantitative estimate of drug-likeness (QED) is 0.758. The normalized spacial score (nSPS) is 11.2. The summed E-state index contributed by atoms with van der Waals surface area (Å²) >= 11 is 0. The number of aliphatic hydroxyl groups is 1. The van der Waals surface area contributed by atoms with Crippen LogP contribution in [0.2, 0.25) is 0 Å². The minimum atomic E-state index is -4.76. The van der Waals surface area contributed by atoms with Crippen molar-refractivity contribution in [2.75, 3.05) is 6.61 Å². The van der Waals surface area contributed by atoms with E-state index in [4.69, 9.17) is 5.11 Å². The molecular weight excluding hydrogens is 275 g/mol. The van der Waals surface area contributed by atoms with Crippen LogP contribution in [0.1, 0.15) is 24.8 Å². The SMILES string of the molecule is O=C(CCCCO)NCc1ccccc1OC(F)(F)F. The van der Waals surface area contributed by atoms with Gasteiger partial charge in [-0.25, -0.2) is 0 Å². The van der Waals surface area contributed by atoms with Crippen molar-refractivity contribution in [3.8, 4) is 5.75 Å². The number of benzene rings is 1. The Labute approximate surface area is 114 Å². The van der Waals surface area contributed by atoms with Crippen molar-refractivity contribution in [1.29, 1.82) is 0 Å². The van der Waals surface area contributed by atoms with Gasteiger partial charge in [-0.1, -0.05) is 18.2 Å². The van der Waals surface area contributed by atoms with E-state index in [1.54, 1.807) is 6.07 Å². The van der Waals surface area contributed by atoms with Crippen molar-refractivity contribution in [3.05, 3.63) is 29.8 Å². The van der Waals surface area contributed by atoms with E-state index in [-0.39, 0.29) is 36.8 Å². The summed E-state index contributed by atoms with van der Waals surface area (Å²) in [5.41, 5.74) is 0.250. The molecule has 0 spiro atoms. The van der Waals surface area contributed by atoms with E-state index < -0.39 is 6.36 Å². The molecule has 20 heavy (non-hydrogen) atoms. The van der Waals surface area contributed by atoms with Crippen LogP contribution in [0.15, 0.2) is 24.3 Å². The lowest BCUT2D eigenvalue weighted by Gasteiger charge is -2.13. The molecule has 1 aromatic rings. The minimum absolute atomic E-state index is 0.00946. The number of rotatable bonds is 7. The Morgan fingerprint density at radius 2 is 1.95 bits per heavy atom. The Balaban J connectivity index is 2.53. The van der Waals surface area contributed by atoms with Gasteiger partial charge in [-0.2, -0.15) is 0 Å². The molecule has 2 N–H and O–H groups in total. The average Bonchev–Trinajstić information content (AvgIpc) is 2.36. The standard InChI is InChI=1S/C13H16F3NO3/c14-13(15,16)20-11-6-2-1-5-10(11)9-17-12(19)7-3-4-8-18/h1-2,5-6,18H,3-4,7-9H2,(H,17,19). The number of para-hydroxylation sites is 1. The zero-order valence-corrected chi connectivity index (χ0v) is 10.7. The van der Waals surface area contributed by atoms with Crippen molar-refractivity contribution in [2.45, 2.75) is 32.2 Å². The number of nitrogens with one attached hydrogen (secondary N) is 1. The molecule has 1 amide bonds. The fourth-order valence-electron chi connectivity index (χ4n) is 1.55. The highest BCUT2D eigenvalue weighted by atomic mass is 19.4. The van der Waals surface area contributed by atoms with Gasteiger partial charge in [0.2, 0.25) is 5.91 Å². The summed E-state index contributed by atoms with van der Waals surface area (Å²) < 4.78 is 40.5. The van der Waals surface area contributed by atoms with Crippen molar-refractivity contribution >= 4 is 5.91 Å². The maximum absolute atomic E-state index is 12.2. The van der Waals surface area contributed by atoms with Gasteiger partial charge in [-0.15, -0.1) is 13.2 Å². The van der Waals surface area contributed by atoms with Crippen LogP contribution in [-0.4, -0.2) is 24.0 Å². The monoisotopic (exact) mass is 291 g/mol. The predicted octanol–water partition coefficient (Wildman–Crippen LogP) is 2.36. The topological polar surface area (TPSA) is 58.6 Å². The van der Waals surface area contributed by atoms with Crippen LogP contribution in [0, 0.1) is 0 Å². The highest BCUT2D eigenvalue weighted by Gasteiger charge is 2.31. The summed E-state index contributed by atoms with van der Waals surface area (Å²) in [4.78, 5) is 11.4. The lowest BCUT2D eigenvalue weighted by atomic mass is 10.2. The van der Waals surface area contributed by atoms with Crippen LogP contribution in [-0.2, 0) is 11.3 Å². The molecule has 0 atom stereocenters. The molecule has 0 saturated heterocycles. The van der Waals surface area contributed by atoms with Crippen molar-refractivity contribution in [2.24, 2.45) is 0 Å². The third-order valence-electron chi connectivity index (χ3n) is 2.49. The Kier molecular flexibility index (Phi) is 6.30. The molecule has 0 aliphatic rings.